The Morgan fingerprint density at radius 3 is 3.15 bits per heavy atom. The molecule has 2 aromatic rings. The highest BCUT2D eigenvalue weighted by Gasteiger charge is 2.02. The van der Waals surface area contributed by atoms with Gasteiger partial charge in [0, 0.05) is 11.9 Å². The SMILES string of the molecule is ONCc1ccc2n[nH]c(Br)c2c1. The van der Waals surface area contributed by atoms with E-state index in [1.54, 1.807) is 0 Å². The van der Waals surface area contributed by atoms with E-state index in [9.17, 15) is 0 Å². The summed E-state index contributed by atoms with van der Waals surface area (Å²) in [6.07, 6.45) is 0. The second kappa shape index (κ2) is 3.45. The summed E-state index contributed by atoms with van der Waals surface area (Å²) < 4.78 is 0.863. The number of hydrogen-bond acceptors (Lipinski definition) is 3. The van der Waals surface area contributed by atoms with Gasteiger partial charge in [0.05, 0.1) is 5.52 Å². The maximum absolute atomic E-state index is 8.53. The van der Waals surface area contributed by atoms with E-state index in [2.05, 4.69) is 31.6 Å². The van der Waals surface area contributed by atoms with Gasteiger partial charge in [0.15, 0.2) is 0 Å². The molecule has 0 aliphatic heterocycles. The van der Waals surface area contributed by atoms with Gasteiger partial charge >= 0.3 is 0 Å². The molecule has 0 saturated carbocycles. The number of aromatic amines is 1. The van der Waals surface area contributed by atoms with Crippen LogP contribution in [0.25, 0.3) is 10.9 Å². The predicted molar refractivity (Wildman–Crippen MR) is 52.4 cm³/mol. The minimum Gasteiger partial charge on any atom is -0.316 e. The smallest absolute Gasteiger partial charge is 0.108 e. The molecular weight excluding hydrogens is 234 g/mol. The molecule has 4 nitrogen and oxygen atoms in total. The predicted octanol–water partition coefficient (Wildman–Crippen LogP) is 1.80. The van der Waals surface area contributed by atoms with Gasteiger partial charge in [0.2, 0.25) is 0 Å². The molecule has 1 heterocycles. The lowest BCUT2D eigenvalue weighted by molar-refractivity contribution is 0.161. The summed E-state index contributed by atoms with van der Waals surface area (Å²) in [5.41, 5.74) is 4.04. The summed E-state index contributed by atoms with van der Waals surface area (Å²) in [7, 11) is 0. The number of benzene rings is 1. The molecule has 0 saturated heterocycles. The van der Waals surface area contributed by atoms with Crippen LogP contribution < -0.4 is 5.48 Å². The van der Waals surface area contributed by atoms with Crippen LogP contribution in [0.15, 0.2) is 22.8 Å². The Hall–Kier alpha value is -0.910. The Labute approximate surface area is 83.0 Å². The first-order valence-corrected chi connectivity index (χ1v) is 4.60. The molecule has 2 rings (SSSR count). The van der Waals surface area contributed by atoms with Gasteiger partial charge in [0.25, 0.3) is 0 Å². The minimum absolute atomic E-state index is 0.438. The zero-order valence-electron chi connectivity index (χ0n) is 6.71. The van der Waals surface area contributed by atoms with Crippen molar-refractivity contribution in [3.8, 4) is 0 Å². The fraction of sp³-hybridized carbons (Fsp3) is 0.125. The average molecular weight is 242 g/mol. The molecule has 0 bridgehead atoms. The van der Waals surface area contributed by atoms with Gasteiger partial charge in [-0.05, 0) is 33.6 Å². The lowest BCUT2D eigenvalue weighted by Crippen LogP contribution is -2.05. The number of aromatic nitrogens is 2. The Balaban J connectivity index is 2.53. The molecule has 0 atom stereocenters. The number of nitrogens with one attached hydrogen (secondary N) is 2. The molecule has 1 aromatic heterocycles. The Morgan fingerprint density at radius 1 is 1.54 bits per heavy atom. The summed E-state index contributed by atoms with van der Waals surface area (Å²) in [6.45, 7) is 0.438. The van der Waals surface area contributed by atoms with Gasteiger partial charge in [-0.3, -0.25) is 5.10 Å². The summed E-state index contributed by atoms with van der Waals surface area (Å²) in [5.74, 6) is 0. The molecule has 0 unspecified atom stereocenters. The molecule has 0 aliphatic rings. The van der Waals surface area contributed by atoms with Gasteiger partial charge in [-0.1, -0.05) is 6.07 Å². The largest absolute Gasteiger partial charge is 0.316 e. The van der Waals surface area contributed by atoms with Crippen molar-refractivity contribution in [3.05, 3.63) is 28.4 Å². The second-order valence-corrected chi connectivity index (χ2v) is 3.52. The maximum atomic E-state index is 8.53. The van der Waals surface area contributed by atoms with Crippen molar-refractivity contribution in [2.24, 2.45) is 0 Å². The monoisotopic (exact) mass is 241 g/mol. The zero-order valence-corrected chi connectivity index (χ0v) is 8.30. The van der Waals surface area contributed by atoms with Gasteiger partial charge in [0.1, 0.15) is 4.60 Å². The third-order valence-electron chi connectivity index (χ3n) is 1.86. The molecule has 13 heavy (non-hydrogen) atoms. The van der Waals surface area contributed by atoms with Crippen molar-refractivity contribution in [1.29, 1.82) is 0 Å². The number of fused-ring (bicyclic) bond motifs is 1. The van der Waals surface area contributed by atoms with Gasteiger partial charge < -0.3 is 5.21 Å². The fourth-order valence-corrected chi connectivity index (χ4v) is 1.63. The van der Waals surface area contributed by atoms with Crippen molar-refractivity contribution in [2.75, 3.05) is 0 Å². The van der Waals surface area contributed by atoms with Crippen LogP contribution in [-0.4, -0.2) is 15.4 Å². The summed E-state index contributed by atoms with van der Waals surface area (Å²) in [6, 6.07) is 5.79. The van der Waals surface area contributed by atoms with E-state index < -0.39 is 0 Å². The van der Waals surface area contributed by atoms with Crippen LogP contribution in [0.3, 0.4) is 0 Å². The van der Waals surface area contributed by atoms with Crippen molar-refractivity contribution in [2.45, 2.75) is 6.54 Å². The van der Waals surface area contributed by atoms with Crippen LogP contribution in [0, 0.1) is 0 Å². The second-order valence-electron chi connectivity index (χ2n) is 2.72. The highest BCUT2D eigenvalue weighted by molar-refractivity contribution is 9.10. The van der Waals surface area contributed by atoms with Crippen LogP contribution in [0.1, 0.15) is 5.56 Å². The quantitative estimate of drug-likeness (QED) is 0.703. The zero-order chi connectivity index (χ0) is 9.26. The van der Waals surface area contributed by atoms with E-state index in [1.807, 2.05) is 18.2 Å². The molecule has 0 radical (unpaired) electrons. The van der Waals surface area contributed by atoms with Crippen molar-refractivity contribution in [1.82, 2.24) is 15.7 Å². The van der Waals surface area contributed by atoms with Crippen LogP contribution in [-0.2, 0) is 6.54 Å². The molecule has 0 spiro atoms. The molecule has 1 aromatic carbocycles. The van der Waals surface area contributed by atoms with Gasteiger partial charge in [-0.25, -0.2) is 5.48 Å². The van der Waals surface area contributed by atoms with Crippen LogP contribution >= 0.6 is 15.9 Å². The number of nitrogens with zero attached hydrogens (tertiary/aromatic N) is 1. The standard InChI is InChI=1S/C8H8BrN3O/c9-8-6-3-5(4-10-13)1-2-7(6)11-12-8/h1-3,10,13H,4H2,(H,11,12). The number of hydrogen-bond donors (Lipinski definition) is 3. The molecule has 3 N–H and O–H groups in total. The number of hydroxylamine groups is 1. The molecule has 0 amide bonds. The third kappa shape index (κ3) is 1.58. The number of rotatable bonds is 2. The first-order chi connectivity index (χ1) is 6.31. The van der Waals surface area contributed by atoms with Crippen molar-refractivity contribution in [3.63, 3.8) is 0 Å². The Morgan fingerprint density at radius 2 is 2.38 bits per heavy atom. The normalized spacial score (nSPS) is 10.9. The van der Waals surface area contributed by atoms with E-state index >= 15 is 0 Å². The van der Waals surface area contributed by atoms with Crippen molar-refractivity contribution < 1.29 is 5.21 Å². The first kappa shape index (κ1) is 8.68. The first-order valence-electron chi connectivity index (χ1n) is 3.80. The van der Waals surface area contributed by atoms with Gasteiger partial charge in [-0.15, -0.1) is 0 Å². The lowest BCUT2D eigenvalue weighted by atomic mass is 10.2. The van der Waals surface area contributed by atoms with Crippen LogP contribution in [0.5, 0.6) is 0 Å². The Kier molecular flexibility index (Phi) is 2.30. The van der Waals surface area contributed by atoms with E-state index in [0.29, 0.717) is 6.54 Å². The van der Waals surface area contributed by atoms with Gasteiger partial charge in [-0.2, -0.15) is 5.10 Å². The Bertz CT molecular complexity index is 426. The summed E-state index contributed by atoms with van der Waals surface area (Å²) >= 11 is 3.35. The van der Waals surface area contributed by atoms with Crippen LogP contribution in [0.4, 0.5) is 0 Å². The summed E-state index contributed by atoms with van der Waals surface area (Å²) in [5, 5.41) is 16.4. The van der Waals surface area contributed by atoms with E-state index in [4.69, 9.17) is 5.21 Å². The highest BCUT2D eigenvalue weighted by atomic mass is 79.9. The van der Waals surface area contributed by atoms with E-state index in [0.717, 1.165) is 21.1 Å². The molecule has 0 fully saturated rings. The highest BCUT2D eigenvalue weighted by Crippen LogP contribution is 2.21. The fourth-order valence-electron chi connectivity index (χ4n) is 1.23. The molecule has 5 heteroatoms. The number of halogens is 1. The topological polar surface area (TPSA) is 60.9 Å². The molecule has 68 valence electrons. The third-order valence-corrected chi connectivity index (χ3v) is 2.46. The maximum Gasteiger partial charge on any atom is 0.108 e. The molecular formula is C8H8BrN3O. The molecule has 0 aliphatic carbocycles. The van der Waals surface area contributed by atoms with E-state index in [1.165, 1.54) is 0 Å². The average Bonchev–Trinajstić information content (AvgIpc) is 2.49. The number of H-pyrrole nitrogens is 1. The van der Waals surface area contributed by atoms with E-state index in [-0.39, 0.29) is 0 Å². The minimum atomic E-state index is 0.438. The van der Waals surface area contributed by atoms with Crippen molar-refractivity contribution >= 4 is 26.8 Å². The summed E-state index contributed by atoms with van der Waals surface area (Å²) in [4.78, 5) is 0. The lowest BCUT2D eigenvalue weighted by Gasteiger charge is -1.98. The van der Waals surface area contributed by atoms with Crippen LogP contribution in [0.2, 0.25) is 0 Å².